The summed E-state index contributed by atoms with van der Waals surface area (Å²) in [4.78, 5) is 10.6. The van der Waals surface area contributed by atoms with E-state index in [0.717, 1.165) is 17.5 Å². The summed E-state index contributed by atoms with van der Waals surface area (Å²) in [6.07, 6.45) is 1.79. The summed E-state index contributed by atoms with van der Waals surface area (Å²) in [6, 6.07) is 5.97. The second-order valence-corrected chi connectivity index (χ2v) is 3.98. The number of nitrogens with zero attached hydrogens (tertiary/aromatic N) is 3. The molecule has 0 spiro atoms. The van der Waals surface area contributed by atoms with Crippen LogP contribution in [0.3, 0.4) is 0 Å². The van der Waals surface area contributed by atoms with Crippen molar-refractivity contribution in [3.05, 3.63) is 36.5 Å². The molecule has 0 aromatic carbocycles. The number of anilines is 1. The van der Waals surface area contributed by atoms with Crippen LogP contribution >= 0.6 is 0 Å². The van der Waals surface area contributed by atoms with Crippen molar-refractivity contribution in [1.29, 1.82) is 0 Å². The Morgan fingerprint density at radius 2 is 2.22 bits per heavy atom. The molecule has 0 atom stereocenters. The number of aliphatic imine (C=N–C) groups is 1. The molecule has 0 fully saturated rings. The van der Waals surface area contributed by atoms with Gasteiger partial charge < -0.3 is 15.5 Å². The van der Waals surface area contributed by atoms with Crippen LogP contribution < -0.4 is 15.5 Å². The minimum atomic E-state index is 0.637. The molecule has 0 bridgehead atoms. The highest BCUT2D eigenvalue weighted by atomic mass is 15.2. The molecule has 0 aliphatic carbocycles. The average molecular weight is 247 g/mol. The first kappa shape index (κ1) is 14.0. The van der Waals surface area contributed by atoms with Gasteiger partial charge in [-0.3, -0.25) is 4.99 Å². The second-order valence-electron chi connectivity index (χ2n) is 3.98. The van der Waals surface area contributed by atoms with E-state index in [2.05, 4.69) is 27.2 Å². The van der Waals surface area contributed by atoms with Gasteiger partial charge in [0.05, 0.1) is 12.2 Å². The summed E-state index contributed by atoms with van der Waals surface area (Å²) in [5.74, 6) is 1.69. The average Bonchev–Trinajstić information content (AvgIpc) is 2.39. The Morgan fingerprint density at radius 1 is 1.44 bits per heavy atom. The third-order valence-electron chi connectivity index (χ3n) is 2.32. The summed E-state index contributed by atoms with van der Waals surface area (Å²) < 4.78 is 0. The maximum atomic E-state index is 4.52. The number of guanidine groups is 1. The summed E-state index contributed by atoms with van der Waals surface area (Å²) in [7, 11) is 5.69. The largest absolute Gasteiger partial charge is 0.363 e. The van der Waals surface area contributed by atoms with Crippen molar-refractivity contribution in [2.24, 2.45) is 4.99 Å². The van der Waals surface area contributed by atoms with Gasteiger partial charge in [0.25, 0.3) is 0 Å². The Bertz CT molecular complexity index is 412. The van der Waals surface area contributed by atoms with Gasteiger partial charge in [0, 0.05) is 27.7 Å². The predicted molar refractivity (Wildman–Crippen MR) is 77.0 cm³/mol. The first-order valence-corrected chi connectivity index (χ1v) is 5.86. The topological polar surface area (TPSA) is 52.6 Å². The van der Waals surface area contributed by atoms with E-state index in [9.17, 15) is 0 Å². The van der Waals surface area contributed by atoms with E-state index in [1.54, 1.807) is 13.1 Å². The van der Waals surface area contributed by atoms with Crippen LogP contribution in [-0.2, 0) is 6.54 Å². The predicted octanol–water partition coefficient (Wildman–Crippen LogP) is 0.999. The zero-order valence-electron chi connectivity index (χ0n) is 11.3. The molecule has 1 aromatic heterocycles. The fourth-order valence-corrected chi connectivity index (χ4v) is 1.38. The SMILES string of the molecule is C=CCNC(=NC)NCc1cccc(N(C)C)n1. The fourth-order valence-electron chi connectivity index (χ4n) is 1.38. The zero-order chi connectivity index (χ0) is 13.4. The van der Waals surface area contributed by atoms with Gasteiger partial charge in [-0.05, 0) is 12.1 Å². The number of hydrogen-bond acceptors (Lipinski definition) is 3. The van der Waals surface area contributed by atoms with E-state index in [4.69, 9.17) is 0 Å². The molecule has 5 nitrogen and oxygen atoms in total. The molecular weight excluding hydrogens is 226 g/mol. The molecule has 0 unspecified atom stereocenters. The fraction of sp³-hybridized carbons (Fsp3) is 0.385. The molecule has 0 radical (unpaired) electrons. The van der Waals surface area contributed by atoms with Crippen molar-refractivity contribution in [2.45, 2.75) is 6.54 Å². The van der Waals surface area contributed by atoms with Gasteiger partial charge in [-0.1, -0.05) is 12.1 Å². The van der Waals surface area contributed by atoms with Gasteiger partial charge in [0.1, 0.15) is 5.82 Å². The molecule has 0 amide bonds. The number of nitrogens with one attached hydrogen (secondary N) is 2. The van der Waals surface area contributed by atoms with E-state index in [-0.39, 0.29) is 0 Å². The quantitative estimate of drug-likeness (QED) is 0.463. The number of aromatic nitrogens is 1. The highest BCUT2D eigenvalue weighted by Crippen LogP contribution is 2.07. The normalized spacial score (nSPS) is 10.9. The van der Waals surface area contributed by atoms with Gasteiger partial charge in [-0.25, -0.2) is 4.98 Å². The molecule has 1 heterocycles. The van der Waals surface area contributed by atoms with Crippen molar-refractivity contribution >= 4 is 11.8 Å². The van der Waals surface area contributed by atoms with Crippen LogP contribution in [0.25, 0.3) is 0 Å². The van der Waals surface area contributed by atoms with Gasteiger partial charge in [-0.15, -0.1) is 6.58 Å². The van der Waals surface area contributed by atoms with Crippen molar-refractivity contribution < 1.29 is 0 Å². The third kappa shape index (κ3) is 4.45. The lowest BCUT2D eigenvalue weighted by Gasteiger charge is -2.13. The smallest absolute Gasteiger partial charge is 0.191 e. The van der Waals surface area contributed by atoms with Crippen molar-refractivity contribution in [3.8, 4) is 0 Å². The third-order valence-corrected chi connectivity index (χ3v) is 2.32. The molecule has 0 saturated carbocycles. The highest BCUT2D eigenvalue weighted by Gasteiger charge is 2.01. The van der Waals surface area contributed by atoms with Crippen LogP contribution in [0.1, 0.15) is 5.69 Å². The Kier molecular flexibility index (Phi) is 5.70. The first-order valence-electron chi connectivity index (χ1n) is 5.86. The lowest BCUT2D eigenvalue weighted by Crippen LogP contribution is -2.37. The number of pyridine rings is 1. The Labute approximate surface area is 109 Å². The summed E-state index contributed by atoms with van der Waals surface area (Å²) in [5.41, 5.74) is 0.975. The lowest BCUT2D eigenvalue weighted by atomic mass is 10.3. The lowest BCUT2D eigenvalue weighted by molar-refractivity contribution is 0.821. The van der Waals surface area contributed by atoms with E-state index in [1.165, 1.54) is 0 Å². The molecule has 0 saturated heterocycles. The van der Waals surface area contributed by atoms with Gasteiger partial charge in [0.15, 0.2) is 5.96 Å². The molecule has 18 heavy (non-hydrogen) atoms. The zero-order valence-corrected chi connectivity index (χ0v) is 11.3. The van der Waals surface area contributed by atoms with Gasteiger partial charge >= 0.3 is 0 Å². The number of hydrogen-bond donors (Lipinski definition) is 2. The maximum absolute atomic E-state index is 4.52. The Balaban J connectivity index is 2.57. The van der Waals surface area contributed by atoms with Crippen LogP contribution in [0.2, 0.25) is 0 Å². The van der Waals surface area contributed by atoms with Crippen LogP contribution in [0.4, 0.5) is 5.82 Å². The van der Waals surface area contributed by atoms with Crippen molar-refractivity contribution in [3.63, 3.8) is 0 Å². The molecule has 1 rings (SSSR count). The van der Waals surface area contributed by atoms with Crippen molar-refractivity contribution in [2.75, 3.05) is 32.6 Å². The highest BCUT2D eigenvalue weighted by molar-refractivity contribution is 5.79. The summed E-state index contributed by atoms with van der Waals surface area (Å²) in [5, 5.41) is 6.31. The maximum Gasteiger partial charge on any atom is 0.191 e. The second kappa shape index (κ2) is 7.32. The monoisotopic (exact) mass is 247 g/mol. The van der Waals surface area contributed by atoms with E-state index in [1.807, 2.05) is 37.2 Å². The summed E-state index contributed by atoms with van der Waals surface area (Å²) in [6.45, 7) is 4.98. The van der Waals surface area contributed by atoms with Crippen LogP contribution in [-0.4, -0.2) is 38.6 Å². The standard InChI is InChI=1S/C13H21N5/c1-5-9-15-13(14-2)16-10-11-7-6-8-12(17-11)18(3)4/h5-8H,1,9-10H2,2-4H3,(H2,14,15,16). The first-order chi connectivity index (χ1) is 8.67. The van der Waals surface area contributed by atoms with E-state index in [0.29, 0.717) is 13.1 Å². The van der Waals surface area contributed by atoms with Gasteiger partial charge in [0.2, 0.25) is 0 Å². The Hall–Kier alpha value is -2.04. The molecule has 0 aliphatic heterocycles. The minimum Gasteiger partial charge on any atom is -0.363 e. The van der Waals surface area contributed by atoms with E-state index >= 15 is 0 Å². The Morgan fingerprint density at radius 3 is 2.83 bits per heavy atom. The molecule has 98 valence electrons. The van der Waals surface area contributed by atoms with E-state index < -0.39 is 0 Å². The number of rotatable bonds is 5. The summed E-state index contributed by atoms with van der Waals surface area (Å²) >= 11 is 0. The molecule has 2 N–H and O–H groups in total. The van der Waals surface area contributed by atoms with Crippen LogP contribution in [0, 0.1) is 0 Å². The van der Waals surface area contributed by atoms with Crippen molar-refractivity contribution in [1.82, 2.24) is 15.6 Å². The minimum absolute atomic E-state index is 0.637. The molecule has 5 heteroatoms. The molecule has 1 aromatic rings. The molecule has 0 aliphatic rings. The van der Waals surface area contributed by atoms with Gasteiger partial charge in [-0.2, -0.15) is 0 Å². The molecular formula is C13H21N5. The van der Waals surface area contributed by atoms with Crippen LogP contribution in [0.5, 0.6) is 0 Å². The van der Waals surface area contributed by atoms with Crippen LogP contribution in [0.15, 0.2) is 35.8 Å².